The highest BCUT2D eigenvalue weighted by Crippen LogP contribution is 1.97. The lowest BCUT2D eigenvalue weighted by Crippen LogP contribution is -2.43. The van der Waals surface area contributed by atoms with Gasteiger partial charge in [-0.2, -0.15) is 0 Å². The summed E-state index contributed by atoms with van der Waals surface area (Å²) in [5, 5.41) is 16.6. The number of fused-ring (bicyclic) bond motifs is 1. The fourth-order valence-corrected chi connectivity index (χ4v) is 1.32. The second kappa shape index (κ2) is 5.99. The molecule has 9 nitrogen and oxygen atoms in total. The van der Waals surface area contributed by atoms with Crippen LogP contribution in [0.3, 0.4) is 0 Å². The number of rotatable bonds is 2. The average Bonchev–Trinajstić information content (AvgIpc) is 2.93. The van der Waals surface area contributed by atoms with Gasteiger partial charge < -0.3 is 20.9 Å². The number of H-pyrrole nitrogens is 1. The molecular formula is C11H19N5O4. The number of nitrogens with one attached hydrogen (secondary N) is 1. The van der Waals surface area contributed by atoms with Gasteiger partial charge in [0.1, 0.15) is 5.52 Å². The number of imidazole rings is 1. The molecule has 0 amide bonds. The molecule has 112 valence electrons. The van der Waals surface area contributed by atoms with Gasteiger partial charge in [0.25, 0.3) is 5.56 Å². The van der Waals surface area contributed by atoms with Gasteiger partial charge >= 0.3 is 5.69 Å². The molecule has 20 heavy (non-hydrogen) atoms. The Hall–Kier alpha value is -1.97. The van der Waals surface area contributed by atoms with Gasteiger partial charge in [0, 0.05) is 14.1 Å². The molecule has 0 saturated carbocycles. The van der Waals surface area contributed by atoms with Crippen LogP contribution in [0.15, 0.2) is 15.9 Å². The van der Waals surface area contributed by atoms with Gasteiger partial charge in [0.2, 0.25) is 0 Å². The minimum atomic E-state index is -0.806. The Morgan fingerprint density at radius 3 is 2.30 bits per heavy atom. The minimum absolute atomic E-state index is 0.177. The Balaban J connectivity index is 0.000000246. The van der Waals surface area contributed by atoms with Crippen molar-refractivity contribution >= 4 is 11.2 Å². The van der Waals surface area contributed by atoms with Gasteiger partial charge in [-0.25, -0.2) is 9.78 Å². The van der Waals surface area contributed by atoms with E-state index in [2.05, 4.69) is 9.97 Å². The van der Waals surface area contributed by atoms with Crippen LogP contribution in [0.25, 0.3) is 11.2 Å². The van der Waals surface area contributed by atoms with Crippen LogP contribution in [0.4, 0.5) is 0 Å². The van der Waals surface area contributed by atoms with Crippen molar-refractivity contribution in [3.8, 4) is 0 Å². The minimum Gasteiger partial charge on any atom is -0.394 e. The zero-order valence-electron chi connectivity index (χ0n) is 11.6. The number of aryl methyl sites for hydroxylation is 1. The number of aliphatic hydroxyl groups excluding tert-OH is 2. The Morgan fingerprint density at radius 2 is 1.85 bits per heavy atom. The Kier molecular flexibility index (Phi) is 4.82. The van der Waals surface area contributed by atoms with Crippen LogP contribution in [-0.2, 0) is 14.1 Å². The lowest BCUT2D eigenvalue weighted by atomic mass is 10.1. The third-order valence-electron chi connectivity index (χ3n) is 2.75. The van der Waals surface area contributed by atoms with E-state index in [0.29, 0.717) is 11.2 Å². The van der Waals surface area contributed by atoms with E-state index < -0.39 is 5.54 Å². The van der Waals surface area contributed by atoms with E-state index in [4.69, 9.17) is 15.9 Å². The molecule has 0 saturated heterocycles. The molecule has 5 N–H and O–H groups in total. The van der Waals surface area contributed by atoms with Gasteiger partial charge in [-0.3, -0.25) is 13.9 Å². The first-order valence-corrected chi connectivity index (χ1v) is 5.85. The predicted octanol–water partition coefficient (Wildman–Crippen LogP) is -2.35. The summed E-state index contributed by atoms with van der Waals surface area (Å²) in [6.45, 7) is 1.22. The second-order valence-corrected chi connectivity index (χ2v) is 4.78. The molecule has 0 bridgehead atoms. The van der Waals surface area contributed by atoms with Crippen LogP contribution in [0.5, 0.6) is 0 Å². The standard InChI is InChI=1S/C7H8N4O2.C4H11NO2/c1-10-5-4(8-3-9-5)6(12)11(2)7(10)13;1-4(5,2-6)3-7/h3H,1-2H3,(H,8,9);6-7H,2-3,5H2,1H3. The normalized spacial score (nSPS) is 11.3. The maximum absolute atomic E-state index is 11.4. The summed E-state index contributed by atoms with van der Waals surface area (Å²) >= 11 is 0. The van der Waals surface area contributed by atoms with E-state index in [1.165, 1.54) is 17.9 Å². The van der Waals surface area contributed by atoms with Gasteiger partial charge in [0.05, 0.1) is 25.1 Å². The van der Waals surface area contributed by atoms with Crippen molar-refractivity contribution in [2.24, 2.45) is 19.8 Å². The summed E-state index contributed by atoms with van der Waals surface area (Å²) in [4.78, 5) is 29.4. The number of aromatic nitrogens is 4. The molecule has 9 heteroatoms. The quantitative estimate of drug-likeness (QED) is 0.487. The molecule has 0 spiro atoms. The molecule has 0 aromatic carbocycles. The van der Waals surface area contributed by atoms with Crippen molar-refractivity contribution in [2.75, 3.05) is 13.2 Å². The van der Waals surface area contributed by atoms with Crippen molar-refractivity contribution < 1.29 is 10.2 Å². The Bertz CT molecular complexity index is 691. The Labute approximate surface area is 114 Å². The van der Waals surface area contributed by atoms with Crippen LogP contribution in [0.2, 0.25) is 0 Å². The zero-order chi connectivity index (χ0) is 15.5. The maximum Gasteiger partial charge on any atom is 0.332 e. The highest BCUT2D eigenvalue weighted by molar-refractivity contribution is 5.68. The molecule has 0 atom stereocenters. The third kappa shape index (κ3) is 3.13. The van der Waals surface area contributed by atoms with Crippen molar-refractivity contribution in [3.05, 3.63) is 27.2 Å². The second-order valence-electron chi connectivity index (χ2n) is 4.78. The summed E-state index contributed by atoms with van der Waals surface area (Å²) in [7, 11) is 3.01. The van der Waals surface area contributed by atoms with Gasteiger partial charge in [0.15, 0.2) is 5.65 Å². The monoisotopic (exact) mass is 285 g/mol. The molecule has 0 radical (unpaired) electrons. The van der Waals surface area contributed by atoms with E-state index in [1.807, 2.05) is 0 Å². The lowest BCUT2D eigenvalue weighted by molar-refractivity contribution is 0.134. The van der Waals surface area contributed by atoms with Gasteiger partial charge in [-0.15, -0.1) is 0 Å². The zero-order valence-corrected chi connectivity index (χ0v) is 11.6. The molecule has 0 fully saturated rings. The summed E-state index contributed by atoms with van der Waals surface area (Å²) in [5.74, 6) is 0. The molecular weight excluding hydrogens is 266 g/mol. The largest absolute Gasteiger partial charge is 0.394 e. The number of aliphatic hydroxyl groups is 2. The molecule has 0 aliphatic rings. The highest BCUT2D eigenvalue weighted by atomic mass is 16.3. The van der Waals surface area contributed by atoms with Crippen LogP contribution < -0.4 is 17.0 Å². The summed E-state index contributed by atoms with van der Waals surface area (Å²) in [6, 6.07) is 0. The molecule has 2 aromatic heterocycles. The van der Waals surface area contributed by atoms with Crippen molar-refractivity contribution in [1.29, 1.82) is 0 Å². The molecule has 0 aliphatic heterocycles. The number of nitrogens with two attached hydrogens (primary N) is 1. The predicted molar refractivity (Wildman–Crippen MR) is 73.3 cm³/mol. The van der Waals surface area contributed by atoms with E-state index in [-0.39, 0.29) is 24.5 Å². The van der Waals surface area contributed by atoms with E-state index in [0.717, 1.165) is 4.57 Å². The van der Waals surface area contributed by atoms with Crippen molar-refractivity contribution in [2.45, 2.75) is 12.5 Å². The van der Waals surface area contributed by atoms with Crippen molar-refractivity contribution in [3.63, 3.8) is 0 Å². The third-order valence-corrected chi connectivity index (χ3v) is 2.75. The van der Waals surface area contributed by atoms with E-state index >= 15 is 0 Å². The topological polar surface area (TPSA) is 139 Å². The molecule has 0 unspecified atom stereocenters. The smallest absolute Gasteiger partial charge is 0.332 e. The number of hydrogen-bond donors (Lipinski definition) is 4. The molecule has 2 heterocycles. The highest BCUT2D eigenvalue weighted by Gasteiger charge is 2.13. The van der Waals surface area contributed by atoms with Crippen molar-refractivity contribution in [1.82, 2.24) is 19.1 Å². The SMILES string of the molecule is CC(N)(CO)CO.Cn1c(=O)c2[nH]cnc2n(C)c1=O. The van der Waals surface area contributed by atoms with Crippen LogP contribution >= 0.6 is 0 Å². The first-order valence-electron chi connectivity index (χ1n) is 5.85. The fourth-order valence-electron chi connectivity index (χ4n) is 1.32. The van der Waals surface area contributed by atoms with E-state index in [9.17, 15) is 9.59 Å². The van der Waals surface area contributed by atoms with Crippen LogP contribution in [0.1, 0.15) is 6.92 Å². The lowest BCUT2D eigenvalue weighted by Gasteiger charge is -2.16. The number of hydrogen-bond acceptors (Lipinski definition) is 6. The first-order chi connectivity index (χ1) is 9.25. The maximum atomic E-state index is 11.4. The molecule has 2 aromatic rings. The Morgan fingerprint density at radius 1 is 1.30 bits per heavy atom. The summed E-state index contributed by atoms with van der Waals surface area (Å²) in [6.07, 6.45) is 1.39. The average molecular weight is 285 g/mol. The number of aromatic amines is 1. The number of nitrogens with zero attached hydrogens (tertiary/aromatic N) is 3. The van der Waals surface area contributed by atoms with Gasteiger partial charge in [-0.05, 0) is 6.92 Å². The molecule has 0 aliphatic carbocycles. The van der Waals surface area contributed by atoms with E-state index in [1.54, 1.807) is 14.0 Å². The van der Waals surface area contributed by atoms with Crippen LogP contribution in [0, 0.1) is 0 Å². The van der Waals surface area contributed by atoms with Gasteiger partial charge in [-0.1, -0.05) is 0 Å². The summed E-state index contributed by atoms with van der Waals surface area (Å²) < 4.78 is 2.37. The molecule has 2 rings (SSSR count). The fraction of sp³-hybridized carbons (Fsp3) is 0.545. The van der Waals surface area contributed by atoms with Crippen LogP contribution in [-0.4, -0.2) is 48.1 Å². The summed E-state index contributed by atoms with van der Waals surface area (Å²) in [5.41, 5.74) is 4.42. The first kappa shape index (κ1) is 16.1.